The predicted octanol–water partition coefficient (Wildman–Crippen LogP) is 2.03. The Morgan fingerprint density at radius 1 is 1.16 bits per heavy atom. The van der Waals surface area contributed by atoms with Gasteiger partial charge in [0.1, 0.15) is 12.1 Å². The van der Waals surface area contributed by atoms with Gasteiger partial charge in [-0.25, -0.2) is 0 Å². The summed E-state index contributed by atoms with van der Waals surface area (Å²) < 4.78 is 0. The summed E-state index contributed by atoms with van der Waals surface area (Å²) in [4.78, 5) is 29.1. The van der Waals surface area contributed by atoms with E-state index in [4.69, 9.17) is 0 Å². The predicted molar refractivity (Wildman–Crippen MR) is 74.6 cm³/mol. The van der Waals surface area contributed by atoms with Crippen LogP contribution in [0.3, 0.4) is 0 Å². The monoisotopic (exact) mass is 266 g/mol. The van der Waals surface area contributed by atoms with Crippen molar-refractivity contribution in [3.05, 3.63) is 0 Å². The second kappa shape index (κ2) is 5.51. The number of piperidine rings is 1. The zero-order valence-electron chi connectivity index (χ0n) is 12.6. The van der Waals surface area contributed by atoms with E-state index in [9.17, 15) is 9.59 Å². The van der Waals surface area contributed by atoms with Crippen LogP contribution in [0, 0.1) is 5.92 Å². The van der Waals surface area contributed by atoms with E-state index < -0.39 is 0 Å². The van der Waals surface area contributed by atoms with Gasteiger partial charge >= 0.3 is 0 Å². The Balaban J connectivity index is 2.30. The molecule has 2 aliphatic heterocycles. The fourth-order valence-corrected chi connectivity index (χ4v) is 3.27. The highest BCUT2D eigenvalue weighted by atomic mass is 16.2. The quantitative estimate of drug-likeness (QED) is 0.784. The minimum Gasteiger partial charge on any atom is -0.329 e. The third-order valence-electron chi connectivity index (χ3n) is 4.74. The molecular formula is C15H26N2O2. The molecule has 0 saturated carbocycles. The molecule has 2 saturated heterocycles. The normalized spacial score (nSPS) is 29.7. The lowest BCUT2D eigenvalue weighted by molar-refractivity contribution is -0.167. The van der Waals surface area contributed by atoms with Crippen molar-refractivity contribution in [2.24, 2.45) is 5.92 Å². The molecular weight excluding hydrogens is 240 g/mol. The van der Waals surface area contributed by atoms with Gasteiger partial charge in [-0.2, -0.15) is 0 Å². The Morgan fingerprint density at radius 3 is 2.42 bits per heavy atom. The lowest BCUT2D eigenvalue weighted by atomic mass is 9.91. The first-order valence-corrected chi connectivity index (χ1v) is 7.61. The summed E-state index contributed by atoms with van der Waals surface area (Å²) in [5.74, 6) is 0.715. The van der Waals surface area contributed by atoms with Gasteiger partial charge in [0.25, 0.3) is 0 Å². The van der Waals surface area contributed by atoms with Crippen LogP contribution >= 0.6 is 0 Å². The van der Waals surface area contributed by atoms with Gasteiger partial charge in [0.2, 0.25) is 11.8 Å². The van der Waals surface area contributed by atoms with Crippen LogP contribution in [-0.2, 0) is 9.59 Å². The Bertz CT molecular complexity index is 367. The zero-order chi connectivity index (χ0) is 14.2. The summed E-state index contributed by atoms with van der Waals surface area (Å²) in [7, 11) is 0. The summed E-state index contributed by atoms with van der Waals surface area (Å²) >= 11 is 0. The fourth-order valence-electron chi connectivity index (χ4n) is 3.27. The molecule has 0 N–H and O–H groups in total. The van der Waals surface area contributed by atoms with Gasteiger partial charge in [-0.3, -0.25) is 9.59 Å². The van der Waals surface area contributed by atoms with Gasteiger partial charge in [0, 0.05) is 12.6 Å². The summed E-state index contributed by atoms with van der Waals surface area (Å²) in [6.07, 6.45) is 3.64. The number of nitrogens with zero attached hydrogens (tertiary/aromatic N) is 2. The standard InChI is InChI=1S/C15H26N2O2/c1-5-12-14(18)16-9-7-6-8-13(16)15(19)17(12)11(4)10(2)3/h10-13H,5-9H2,1-4H3. The molecule has 4 heteroatoms. The molecule has 2 rings (SSSR count). The molecule has 19 heavy (non-hydrogen) atoms. The number of hydrogen-bond donors (Lipinski definition) is 0. The fraction of sp³-hybridized carbons (Fsp3) is 0.867. The first-order chi connectivity index (χ1) is 8.99. The molecule has 3 atom stereocenters. The Kier molecular flexibility index (Phi) is 4.16. The molecule has 0 aromatic heterocycles. The van der Waals surface area contributed by atoms with Crippen molar-refractivity contribution in [2.45, 2.75) is 71.5 Å². The van der Waals surface area contributed by atoms with Crippen LogP contribution in [0.25, 0.3) is 0 Å². The minimum absolute atomic E-state index is 0.130. The molecule has 0 bridgehead atoms. The first kappa shape index (κ1) is 14.4. The molecule has 0 aromatic carbocycles. The van der Waals surface area contributed by atoms with Gasteiger partial charge < -0.3 is 9.80 Å². The molecule has 0 aromatic rings. The number of piperazine rings is 1. The second-order valence-electron chi connectivity index (χ2n) is 6.20. The molecule has 0 radical (unpaired) electrons. The van der Waals surface area contributed by atoms with E-state index in [1.54, 1.807) is 0 Å². The first-order valence-electron chi connectivity index (χ1n) is 7.61. The molecule has 2 amide bonds. The number of fused-ring (bicyclic) bond motifs is 1. The zero-order valence-corrected chi connectivity index (χ0v) is 12.6. The lowest BCUT2D eigenvalue weighted by Gasteiger charge is -2.49. The van der Waals surface area contributed by atoms with E-state index >= 15 is 0 Å². The van der Waals surface area contributed by atoms with E-state index in [2.05, 4.69) is 20.8 Å². The number of carbonyl (C=O) groups is 2. The number of hydrogen-bond acceptors (Lipinski definition) is 2. The van der Waals surface area contributed by atoms with E-state index in [-0.39, 0.29) is 29.9 Å². The van der Waals surface area contributed by atoms with Crippen LogP contribution in [-0.4, -0.2) is 46.3 Å². The van der Waals surface area contributed by atoms with E-state index in [0.29, 0.717) is 12.3 Å². The van der Waals surface area contributed by atoms with E-state index in [1.807, 2.05) is 16.7 Å². The number of amides is 2. The van der Waals surface area contributed by atoms with Gasteiger partial charge in [-0.15, -0.1) is 0 Å². The van der Waals surface area contributed by atoms with Crippen LogP contribution in [0.15, 0.2) is 0 Å². The highest BCUT2D eigenvalue weighted by molar-refractivity contribution is 5.97. The van der Waals surface area contributed by atoms with Crippen molar-refractivity contribution in [1.82, 2.24) is 9.80 Å². The lowest BCUT2D eigenvalue weighted by Crippen LogP contribution is -2.67. The topological polar surface area (TPSA) is 40.6 Å². The molecule has 0 aliphatic carbocycles. The Labute approximate surface area is 116 Å². The van der Waals surface area contributed by atoms with Crippen molar-refractivity contribution in [1.29, 1.82) is 0 Å². The van der Waals surface area contributed by atoms with Crippen molar-refractivity contribution >= 4 is 11.8 Å². The van der Waals surface area contributed by atoms with Crippen LogP contribution in [0.2, 0.25) is 0 Å². The van der Waals surface area contributed by atoms with Crippen molar-refractivity contribution in [2.75, 3.05) is 6.54 Å². The highest BCUT2D eigenvalue weighted by Gasteiger charge is 2.47. The van der Waals surface area contributed by atoms with Crippen molar-refractivity contribution in [3.63, 3.8) is 0 Å². The van der Waals surface area contributed by atoms with Gasteiger partial charge in [0.15, 0.2) is 0 Å². The molecule has 3 unspecified atom stereocenters. The van der Waals surface area contributed by atoms with Gasteiger partial charge in [0.05, 0.1) is 0 Å². The van der Waals surface area contributed by atoms with E-state index in [0.717, 1.165) is 25.8 Å². The summed E-state index contributed by atoms with van der Waals surface area (Å²) in [6, 6.07) is -0.310. The highest BCUT2D eigenvalue weighted by Crippen LogP contribution is 2.30. The van der Waals surface area contributed by atoms with Crippen molar-refractivity contribution < 1.29 is 9.59 Å². The summed E-state index contributed by atoms with van der Waals surface area (Å²) in [5.41, 5.74) is 0. The maximum atomic E-state index is 12.8. The number of rotatable bonds is 3. The van der Waals surface area contributed by atoms with E-state index in [1.165, 1.54) is 0 Å². The summed E-state index contributed by atoms with van der Waals surface area (Å²) in [5, 5.41) is 0. The third kappa shape index (κ3) is 2.37. The summed E-state index contributed by atoms with van der Waals surface area (Å²) in [6.45, 7) is 9.05. The smallest absolute Gasteiger partial charge is 0.246 e. The molecule has 2 heterocycles. The Morgan fingerprint density at radius 2 is 1.84 bits per heavy atom. The number of carbonyl (C=O) groups excluding carboxylic acids is 2. The average Bonchev–Trinajstić information content (AvgIpc) is 2.41. The molecule has 0 spiro atoms. The van der Waals surface area contributed by atoms with Crippen LogP contribution in [0.5, 0.6) is 0 Å². The maximum Gasteiger partial charge on any atom is 0.246 e. The minimum atomic E-state index is -0.251. The maximum absolute atomic E-state index is 12.8. The second-order valence-corrected chi connectivity index (χ2v) is 6.20. The SMILES string of the molecule is CCC1C(=O)N2CCCCC2C(=O)N1C(C)C(C)C. The van der Waals surface area contributed by atoms with Crippen LogP contribution in [0.1, 0.15) is 53.4 Å². The van der Waals surface area contributed by atoms with Gasteiger partial charge in [-0.1, -0.05) is 20.8 Å². The Hall–Kier alpha value is -1.06. The molecule has 2 fully saturated rings. The van der Waals surface area contributed by atoms with Gasteiger partial charge in [-0.05, 0) is 38.5 Å². The van der Waals surface area contributed by atoms with Crippen molar-refractivity contribution in [3.8, 4) is 0 Å². The molecule has 2 aliphatic rings. The largest absolute Gasteiger partial charge is 0.329 e. The third-order valence-corrected chi connectivity index (χ3v) is 4.74. The molecule has 108 valence electrons. The van der Waals surface area contributed by atoms with Crippen LogP contribution in [0.4, 0.5) is 0 Å². The van der Waals surface area contributed by atoms with Crippen LogP contribution < -0.4 is 0 Å². The average molecular weight is 266 g/mol. The molecule has 4 nitrogen and oxygen atoms in total.